The number of rotatable bonds is 4. The standard InChI is InChI=1S/C8H14ClN3S/c1-5(9)4-6(2)10-8-11-7(3)12-13-8/h5-6H,4H2,1-3H3,(H,10,11,12). The Hall–Kier alpha value is -0.350. The molecule has 1 aromatic heterocycles. The van der Waals surface area contributed by atoms with Gasteiger partial charge in [0, 0.05) is 23.0 Å². The van der Waals surface area contributed by atoms with Crippen LogP contribution in [0, 0.1) is 6.92 Å². The molecule has 0 radical (unpaired) electrons. The number of aromatic nitrogens is 2. The first-order valence-corrected chi connectivity index (χ1v) is 5.50. The monoisotopic (exact) mass is 219 g/mol. The van der Waals surface area contributed by atoms with E-state index in [2.05, 4.69) is 21.6 Å². The third kappa shape index (κ3) is 3.91. The lowest BCUT2D eigenvalue weighted by Crippen LogP contribution is -2.18. The molecule has 5 heteroatoms. The van der Waals surface area contributed by atoms with E-state index in [1.165, 1.54) is 11.5 Å². The zero-order valence-electron chi connectivity index (χ0n) is 8.04. The topological polar surface area (TPSA) is 37.8 Å². The second-order valence-corrected chi connectivity index (χ2v) is 4.71. The van der Waals surface area contributed by atoms with E-state index >= 15 is 0 Å². The van der Waals surface area contributed by atoms with E-state index in [9.17, 15) is 0 Å². The Labute approximate surface area is 87.7 Å². The maximum Gasteiger partial charge on any atom is 0.202 e. The Kier molecular flexibility index (Phi) is 3.93. The first-order valence-electron chi connectivity index (χ1n) is 4.29. The van der Waals surface area contributed by atoms with Crippen molar-refractivity contribution >= 4 is 28.3 Å². The van der Waals surface area contributed by atoms with E-state index in [4.69, 9.17) is 11.6 Å². The van der Waals surface area contributed by atoms with Crippen molar-refractivity contribution in [3.63, 3.8) is 0 Å². The highest BCUT2D eigenvalue weighted by atomic mass is 35.5. The van der Waals surface area contributed by atoms with Crippen LogP contribution in [-0.2, 0) is 0 Å². The fourth-order valence-electron chi connectivity index (χ4n) is 1.11. The summed E-state index contributed by atoms with van der Waals surface area (Å²) in [6.45, 7) is 5.97. The van der Waals surface area contributed by atoms with Crippen LogP contribution >= 0.6 is 23.1 Å². The molecule has 0 saturated carbocycles. The van der Waals surface area contributed by atoms with E-state index in [-0.39, 0.29) is 5.38 Å². The molecule has 0 bridgehead atoms. The highest BCUT2D eigenvalue weighted by molar-refractivity contribution is 7.09. The molecule has 2 atom stereocenters. The van der Waals surface area contributed by atoms with E-state index in [1.54, 1.807) is 0 Å². The number of halogens is 1. The number of anilines is 1. The van der Waals surface area contributed by atoms with Crippen molar-refractivity contribution in [2.45, 2.75) is 38.6 Å². The van der Waals surface area contributed by atoms with Crippen LogP contribution in [0.5, 0.6) is 0 Å². The Bertz CT molecular complexity index is 262. The lowest BCUT2D eigenvalue weighted by Gasteiger charge is -2.13. The van der Waals surface area contributed by atoms with Crippen molar-refractivity contribution in [2.24, 2.45) is 0 Å². The minimum absolute atomic E-state index is 0.191. The molecule has 1 rings (SSSR count). The van der Waals surface area contributed by atoms with E-state index in [0.29, 0.717) is 6.04 Å². The Morgan fingerprint density at radius 2 is 2.23 bits per heavy atom. The Balaban J connectivity index is 2.40. The van der Waals surface area contributed by atoms with Gasteiger partial charge in [0.05, 0.1) is 0 Å². The zero-order valence-corrected chi connectivity index (χ0v) is 9.61. The Morgan fingerprint density at radius 1 is 1.54 bits per heavy atom. The van der Waals surface area contributed by atoms with Gasteiger partial charge in [-0.15, -0.1) is 11.6 Å². The SMILES string of the molecule is Cc1nsc(NC(C)CC(C)Cl)n1. The number of alkyl halides is 1. The summed E-state index contributed by atoms with van der Waals surface area (Å²) in [5.41, 5.74) is 0. The second-order valence-electron chi connectivity index (χ2n) is 3.21. The average Bonchev–Trinajstić information content (AvgIpc) is 2.33. The molecule has 0 aliphatic rings. The molecule has 0 aliphatic carbocycles. The fraction of sp³-hybridized carbons (Fsp3) is 0.750. The molecule has 0 saturated heterocycles. The molecule has 1 heterocycles. The summed E-state index contributed by atoms with van der Waals surface area (Å²) >= 11 is 7.26. The third-order valence-corrected chi connectivity index (χ3v) is 2.49. The summed E-state index contributed by atoms with van der Waals surface area (Å²) in [7, 11) is 0. The van der Waals surface area contributed by atoms with E-state index in [1.807, 2.05) is 13.8 Å². The van der Waals surface area contributed by atoms with Gasteiger partial charge in [0.25, 0.3) is 0 Å². The van der Waals surface area contributed by atoms with Gasteiger partial charge in [-0.1, -0.05) is 0 Å². The molecular weight excluding hydrogens is 206 g/mol. The van der Waals surface area contributed by atoms with Crippen LogP contribution in [0.25, 0.3) is 0 Å². The van der Waals surface area contributed by atoms with Gasteiger partial charge in [0.15, 0.2) is 0 Å². The number of nitrogens with one attached hydrogen (secondary N) is 1. The molecule has 0 fully saturated rings. The van der Waals surface area contributed by atoms with Crippen LogP contribution in [0.4, 0.5) is 5.13 Å². The van der Waals surface area contributed by atoms with Gasteiger partial charge in [0.1, 0.15) is 5.82 Å². The van der Waals surface area contributed by atoms with Crippen molar-refractivity contribution in [2.75, 3.05) is 5.32 Å². The largest absolute Gasteiger partial charge is 0.358 e. The molecule has 0 amide bonds. The summed E-state index contributed by atoms with van der Waals surface area (Å²) in [5.74, 6) is 0.818. The van der Waals surface area contributed by atoms with Crippen LogP contribution in [0.15, 0.2) is 0 Å². The van der Waals surface area contributed by atoms with Gasteiger partial charge >= 0.3 is 0 Å². The average molecular weight is 220 g/mol. The highest BCUT2D eigenvalue weighted by Crippen LogP contribution is 2.14. The number of aryl methyl sites for hydroxylation is 1. The van der Waals surface area contributed by atoms with Crippen molar-refractivity contribution in [3.05, 3.63) is 5.82 Å². The van der Waals surface area contributed by atoms with Crippen LogP contribution in [0.3, 0.4) is 0 Å². The molecular formula is C8H14ClN3S. The molecule has 0 aromatic carbocycles. The van der Waals surface area contributed by atoms with E-state index in [0.717, 1.165) is 17.4 Å². The molecule has 3 nitrogen and oxygen atoms in total. The lowest BCUT2D eigenvalue weighted by molar-refractivity contribution is 0.695. The normalized spacial score (nSPS) is 15.4. The molecule has 0 spiro atoms. The predicted molar refractivity (Wildman–Crippen MR) is 57.7 cm³/mol. The summed E-state index contributed by atoms with van der Waals surface area (Å²) in [4.78, 5) is 4.21. The number of hydrogen-bond acceptors (Lipinski definition) is 4. The van der Waals surface area contributed by atoms with Crippen molar-refractivity contribution < 1.29 is 0 Å². The zero-order chi connectivity index (χ0) is 9.84. The molecule has 13 heavy (non-hydrogen) atoms. The van der Waals surface area contributed by atoms with Gasteiger partial charge in [-0.05, 0) is 27.2 Å². The van der Waals surface area contributed by atoms with Crippen LogP contribution in [0.1, 0.15) is 26.1 Å². The number of hydrogen-bond donors (Lipinski definition) is 1. The highest BCUT2D eigenvalue weighted by Gasteiger charge is 2.08. The predicted octanol–water partition coefficient (Wildman–Crippen LogP) is 2.66. The van der Waals surface area contributed by atoms with Crippen LogP contribution in [-0.4, -0.2) is 20.8 Å². The maximum absolute atomic E-state index is 5.87. The quantitative estimate of drug-likeness (QED) is 0.792. The molecule has 1 aromatic rings. The summed E-state index contributed by atoms with van der Waals surface area (Å²) in [6.07, 6.45) is 0.931. The summed E-state index contributed by atoms with van der Waals surface area (Å²) in [5, 5.41) is 4.32. The third-order valence-electron chi connectivity index (χ3n) is 1.58. The van der Waals surface area contributed by atoms with Crippen molar-refractivity contribution in [1.29, 1.82) is 0 Å². The van der Waals surface area contributed by atoms with Gasteiger partial charge < -0.3 is 5.32 Å². The minimum atomic E-state index is 0.191. The summed E-state index contributed by atoms with van der Waals surface area (Å²) < 4.78 is 4.08. The van der Waals surface area contributed by atoms with Gasteiger partial charge in [-0.25, -0.2) is 4.98 Å². The minimum Gasteiger partial charge on any atom is -0.358 e. The lowest BCUT2D eigenvalue weighted by atomic mass is 10.2. The van der Waals surface area contributed by atoms with Crippen molar-refractivity contribution in [3.8, 4) is 0 Å². The van der Waals surface area contributed by atoms with Crippen molar-refractivity contribution in [1.82, 2.24) is 9.36 Å². The van der Waals surface area contributed by atoms with Gasteiger partial charge in [-0.2, -0.15) is 4.37 Å². The smallest absolute Gasteiger partial charge is 0.202 e. The molecule has 2 unspecified atom stereocenters. The van der Waals surface area contributed by atoms with Gasteiger partial charge in [-0.3, -0.25) is 0 Å². The maximum atomic E-state index is 5.87. The van der Waals surface area contributed by atoms with Gasteiger partial charge in [0.2, 0.25) is 5.13 Å². The fourth-order valence-corrected chi connectivity index (χ4v) is 2.07. The molecule has 0 aliphatic heterocycles. The van der Waals surface area contributed by atoms with Crippen LogP contribution < -0.4 is 5.32 Å². The number of nitrogens with zero attached hydrogens (tertiary/aromatic N) is 2. The Morgan fingerprint density at radius 3 is 2.69 bits per heavy atom. The van der Waals surface area contributed by atoms with E-state index < -0.39 is 0 Å². The molecule has 74 valence electrons. The second kappa shape index (κ2) is 4.77. The summed E-state index contributed by atoms with van der Waals surface area (Å²) in [6, 6.07) is 0.347. The molecule has 1 N–H and O–H groups in total. The first-order chi connectivity index (χ1) is 6.08. The van der Waals surface area contributed by atoms with Crippen LogP contribution in [0.2, 0.25) is 0 Å². The first kappa shape index (κ1) is 10.7.